The lowest BCUT2D eigenvalue weighted by Crippen LogP contribution is -2.20. The Morgan fingerprint density at radius 2 is 1.96 bits per heavy atom. The minimum absolute atomic E-state index is 0.0758. The van der Waals surface area contributed by atoms with Gasteiger partial charge in [-0.25, -0.2) is 0 Å². The van der Waals surface area contributed by atoms with Crippen LogP contribution in [0.2, 0.25) is 0 Å². The molecule has 26 heavy (non-hydrogen) atoms. The fourth-order valence-corrected chi connectivity index (χ4v) is 2.24. The van der Waals surface area contributed by atoms with Gasteiger partial charge in [-0.1, -0.05) is 29.4 Å². The van der Waals surface area contributed by atoms with Gasteiger partial charge in [-0.2, -0.15) is 0 Å². The Bertz CT molecular complexity index is 939. The molecule has 0 aliphatic rings. The number of benzene rings is 2. The fourth-order valence-electron chi connectivity index (χ4n) is 2.24. The molecular formula is C17H14N4O5. The van der Waals surface area contributed by atoms with E-state index < -0.39 is 10.8 Å². The first-order valence-electron chi connectivity index (χ1n) is 7.60. The number of hydrogen-bond acceptors (Lipinski definition) is 7. The zero-order valence-corrected chi connectivity index (χ0v) is 13.7. The van der Waals surface area contributed by atoms with Crippen molar-refractivity contribution in [2.75, 3.05) is 11.9 Å². The Balaban J connectivity index is 1.61. The van der Waals surface area contributed by atoms with E-state index in [1.54, 1.807) is 25.1 Å². The van der Waals surface area contributed by atoms with E-state index in [-0.39, 0.29) is 24.3 Å². The molecule has 1 N–H and O–H groups in total. The lowest BCUT2D eigenvalue weighted by molar-refractivity contribution is -0.385. The number of nitrogens with one attached hydrogen (secondary N) is 1. The fraction of sp³-hybridized carbons (Fsp3) is 0.118. The van der Waals surface area contributed by atoms with Crippen LogP contribution in [0.5, 0.6) is 6.08 Å². The van der Waals surface area contributed by atoms with Gasteiger partial charge in [0.05, 0.1) is 16.2 Å². The summed E-state index contributed by atoms with van der Waals surface area (Å²) in [5, 5.41) is 21.0. The molecule has 0 saturated carbocycles. The number of nitro groups is 1. The number of carbonyl (C=O) groups is 1. The van der Waals surface area contributed by atoms with Gasteiger partial charge in [0, 0.05) is 11.6 Å². The molecule has 0 bridgehead atoms. The maximum Gasteiger partial charge on any atom is 0.415 e. The maximum absolute atomic E-state index is 12.0. The van der Waals surface area contributed by atoms with Gasteiger partial charge in [0.15, 0.2) is 6.61 Å². The number of rotatable bonds is 6. The highest BCUT2D eigenvalue weighted by atomic mass is 16.6. The normalized spacial score (nSPS) is 10.3. The van der Waals surface area contributed by atoms with Crippen LogP contribution in [-0.2, 0) is 4.79 Å². The lowest BCUT2D eigenvalue weighted by atomic mass is 10.1. The summed E-state index contributed by atoms with van der Waals surface area (Å²) in [6.07, 6.45) is -0.144. The highest BCUT2D eigenvalue weighted by molar-refractivity contribution is 5.93. The van der Waals surface area contributed by atoms with Crippen molar-refractivity contribution in [1.82, 2.24) is 10.2 Å². The van der Waals surface area contributed by atoms with Gasteiger partial charge in [-0.05, 0) is 25.1 Å². The van der Waals surface area contributed by atoms with E-state index in [2.05, 4.69) is 15.5 Å². The molecule has 9 heteroatoms. The second kappa shape index (κ2) is 7.43. The average molecular weight is 354 g/mol. The Kier molecular flexibility index (Phi) is 4.88. The topological polar surface area (TPSA) is 120 Å². The molecule has 1 amide bonds. The summed E-state index contributed by atoms with van der Waals surface area (Å²) in [6.45, 7) is 1.18. The molecule has 1 heterocycles. The molecule has 9 nitrogen and oxygen atoms in total. The van der Waals surface area contributed by atoms with E-state index in [1.807, 2.05) is 18.2 Å². The molecule has 0 aliphatic heterocycles. The first kappa shape index (κ1) is 17.1. The van der Waals surface area contributed by atoms with Crippen molar-refractivity contribution in [2.45, 2.75) is 6.92 Å². The Morgan fingerprint density at radius 3 is 2.69 bits per heavy atom. The van der Waals surface area contributed by atoms with Gasteiger partial charge in [-0.3, -0.25) is 14.9 Å². The smallest absolute Gasteiger partial charge is 0.415 e. The summed E-state index contributed by atoms with van der Waals surface area (Å²) in [5.74, 6) is -0.233. The van der Waals surface area contributed by atoms with Crippen molar-refractivity contribution in [3.05, 3.63) is 64.2 Å². The lowest BCUT2D eigenvalue weighted by Gasteiger charge is -2.08. The van der Waals surface area contributed by atoms with Crippen molar-refractivity contribution in [3.63, 3.8) is 0 Å². The first-order valence-corrected chi connectivity index (χ1v) is 7.60. The molecule has 0 atom stereocenters. The van der Waals surface area contributed by atoms with Gasteiger partial charge in [0.1, 0.15) is 0 Å². The van der Waals surface area contributed by atoms with E-state index >= 15 is 0 Å². The number of nitro benzene ring substituents is 1. The molecule has 0 fully saturated rings. The van der Waals surface area contributed by atoms with Crippen molar-refractivity contribution in [1.29, 1.82) is 0 Å². The molecular weight excluding hydrogens is 340 g/mol. The average Bonchev–Trinajstić information content (AvgIpc) is 3.11. The van der Waals surface area contributed by atoms with Crippen LogP contribution >= 0.6 is 0 Å². The summed E-state index contributed by atoms with van der Waals surface area (Å²) in [6, 6.07) is 13.5. The second-order valence-corrected chi connectivity index (χ2v) is 5.28. The Morgan fingerprint density at radius 1 is 1.19 bits per heavy atom. The molecule has 3 rings (SSSR count). The summed E-state index contributed by atoms with van der Waals surface area (Å²) < 4.78 is 10.5. The largest absolute Gasteiger partial charge is 0.439 e. The minimum atomic E-state index is -0.509. The van der Waals surface area contributed by atoms with Gasteiger partial charge in [0.25, 0.3) is 17.5 Å². The van der Waals surface area contributed by atoms with Gasteiger partial charge >= 0.3 is 6.08 Å². The van der Waals surface area contributed by atoms with Crippen LogP contribution in [0, 0.1) is 17.0 Å². The van der Waals surface area contributed by atoms with Crippen LogP contribution in [-0.4, -0.2) is 27.6 Å². The standard InChI is InChI=1S/C17H14N4O5/c1-11-13(8-5-9-14(11)21(23)24)18-15(22)10-25-17-20-19-16(26-17)12-6-3-2-4-7-12/h2-9H,10H2,1H3,(H,18,22). The van der Waals surface area contributed by atoms with Gasteiger partial charge in [0.2, 0.25) is 0 Å². The SMILES string of the molecule is Cc1c(NC(=O)COc2nnc(-c3ccccc3)o2)cccc1[N+](=O)[O-]. The number of nitrogens with zero attached hydrogens (tertiary/aromatic N) is 3. The van der Waals surface area contributed by atoms with Crippen LogP contribution in [0.25, 0.3) is 11.5 Å². The number of anilines is 1. The van der Waals surface area contributed by atoms with Crippen molar-refractivity contribution < 1.29 is 18.9 Å². The maximum atomic E-state index is 12.0. The third-order valence-electron chi connectivity index (χ3n) is 3.53. The van der Waals surface area contributed by atoms with E-state index in [0.29, 0.717) is 11.3 Å². The molecule has 0 unspecified atom stereocenters. The minimum Gasteiger partial charge on any atom is -0.439 e. The highest BCUT2D eigenvalue weighted by Crippen LogP contribution is 2.25. The quantitative estimate of drug-likeness (QED) is 0.533. The zero-order valence-electron chi connectivity index (χ0n) is 13.7. The summed E-state index contributed by atoms with van der Waals surface area (Å²) >= 11 is 0. The molecule has 0 aliphatic carbocycles. The van der Waals surface area contributed by atoms with Crippen LogP contribution in [0.1, 0.15) is 5.56 Å². The van der Waals surface area contributed by atoms with E-state index in [0.717, 1.165) is 5.56 Å². The summed E-state index contributed by atoms with van der Waals surface area (Å²) in [5.41, 5.74) is 1.35. The molecule has 0 saturated heterocycles. The van der Waals surface area contributed by atoms with Gasteiger partial charge < -0.3 is 14.5 Å². The summed E-state index contributed by atoms with van der Waals surface area (Å²) in [7, 11) is 0. The number of aromatic nitrogens is 2. The van der Waals surface area contributed by atoms with Crippen molar-refractivity contribution in [3.8, 4) is 17.5 Å². The summed E-state index contributed by atoms with van der Waals surface area (Å²) in [4.78, 5) is 22.4. The molecule has 3 aromatic rings. The van der Waals surface area contributed by atoms with Crippen molar-refractivity contribution >= 4 is 17.3 Å². The van der Waals surface area contributed by atoms with Gasteiger partial charge in [-0.15, -0.1) is 5.10 Å². The Labute approximate surface area is 147 Å². The third-order valence-corrected chi connectivity index (χ3v) is 3.53. The molecule has 132 valence electrons. The van der Waals surface area contributed by atoms with Crippen LogP contribution in [0.3, 0.4) is 0 Å². The number of amides is 1. The van der Waals surface area contributed by atoms with Crippen LogP contribution in [0.4, 0.5) is 11.4 Å². The number of hydrogen-bond donors (Lipinski definition) is 1. The van der Waals surface area contributed by atoms with Crippen LogP contribution < -0.4 is 10.1 Å². The molecule has 0 spiro atoms. The van der Waals surface area contributed by atoms with E-state index in [9.17, 15) is 14.9 Å². The zero-order chi connectivity index (χ0) is 18.5. The Hall–Kier alpha value is -3.75. The van der Waals surface area contributed by atoms with Crippen LogP contribution in [0.15, 0.2) is 52.9 Å². The molecule has 0 radical (unpaired) electrons. The predicted octanol–water partition coefficient (Wildman–Crippen LogP) is 2.97. The van der Waals surface area contributed by atoms with Crippen molar-refractivity contribution in [2.24, 2.45) is 0 Å². The molecule has 2 aromatic carbocycles. The highest BCUT2D eigenvalue weighted by Gasteiger charge is 2.16. The second-order valence-electron chi connectivity index (χ2n) is 5.28. The first-order chi connectivity index (χ1) is 12.5. The van der Waals surface area contributed by atoms with E-state index in [4.69, 9.17) is 9.15 Å². The molecule has 1 aromatic heterocycles. The van der Waals surface area contributed by atoms with E-state index in [1.165, 1.54) is 12.1 Å². The predicted molar refractivity (Wildman–Crippen MR) is 91.7 cm³/mol. The third kappa shape index (κ3) is 3.83. The number of carbonyl (C=O) groups excluding carboxylic acids is 1. The monoisotopic (exact) mass is 354 g/mol. The number of ether oxygens (including phenoxy) is 1.